The van der Waals surface area contributed by atoms with Gasteiger partial charge in [0, 0.05) is 11.1 Å². The molecule has 0 amide bonds. The van der Waals surface area contributed by atoms with Crippen molar-refractivity contribution >= 4 is 11.6 Å². The first-order valence-corrected chi connectivity index (χ1v) is 5.94. The summed E-state index contributed by atoms with van der Waals surface area (Å²) in [4.78, 5) is 0. The highest BCUT2D eigenvalue weighted by atomic mass is 35.5. The van der Waals surface area contributed by atoms with E-state index in [-0.39, 0.29) is 5.54 Å². The summed E-state index contributed by atoms with van der Waals surface area (Å²) in [5, 5.41) is 8.87. The molecule has 0 N–H and O–H groups in total. The molecule has 0 bridgehead atoms. The summed E-state index contributed by atoms with van der Waals surface area (Å²) in [5.41, 5.74) is 2.00. The van der Waals surface area contributed by atoms with Crippen LogP contribution in [-0.2, 0) is 5.54 Å². The third kappa shape index (κ3) is 2.34. The minimum Gasteiger partial charge on any atom is -0.308 e. The molecule has 0 saturated heterocycles. The predicted octanol–water partition coefficient (Wildman–Crippen LogP) is 3.66. The van der Waals surface area contributed by atoms with Gasteiger partial charge in [-0.2, -0.15) is 0 Å². The Bertz CT molecular complexity index is 538. The molecule has 0 aliphatic carbocycles. The highest BCUT2D eigenvalue weighted by Gasteiger charge is 2.20. The zero-order valence-electron chi connectivity index (χ0n) is 10.5. The van der Waals surface area contributed by atoms with E-state index >= 15 is 0 Å². The van der Waals surface area contributed by atoms with Crippen molar-refractivity contribution in [3.63, 3.8) is 0 Å². The SMILES string of the molecule is Cc1ccc(-c2nncn2C(C)(C)C)c(Cl)c1. The van der Waals surface area contributed by atoms with Crippen LogP contribution in [0.25, 0.3) is 11.4 Å². The second-order valence-electron chi connectivity index (χ2n) is 5.18. The van der Waals surface area contributed by atoms with E-state index < -0.39 is 0 Å². The van der Waals surface area contributed by atoms with E-state index in [0.29, 0.717) is 5.02 Å². The van der Waals surface area contributed by atoms with Crippen LogP contribution in [0, 0.1) is 6.92 Å². The lowest BCUT2D eigenvalue weighted by molar-refractivity contribution is 0.400. The minimum atomic E-state index is -0.0625. The van der Waals surface area contributed by atoms with Gasteiger partial charge in [0.15, 0.2) is 5.82 Å². The van der Waals surface area contributed by atoms with E-state index in [1.165, 1.54) is 0 Å². The van der Waals surface area contributed by atoms with Gasteiger partial charge in [0.05, 0.1) is 5.02 Å². The number of nitrogens with zero attached hydrogens (tertiary/aromatic N) is 3. The zero-order valence-corrected chi connectivity index (χ0v) is 11.3. The molecule has 1 aromatic heterocycles. The second kappa shape index (κ2) is 4.15. The Labute approximate surface area is 106 Å². The molecule has 0 unspecified atom stereocenters. The van der Waals surface area contributed by atoms with Gasteiger partial charge in [-0.15, -0.1) is 10.2 Å². The van der Waals surface area contributed by atoms with Gasteiger partial charge in [-0.05, 0) is 45.4 Å². The van der Waals surface area contributed by atoms with Crippen molar-refractivity contribution in [1.29, 1.82) is 0 Å². The fourth-order valence-electron chi connectivity index (χ4n) is 1.71. The molecule has 17 heavy (non-hydrogen) atoms. The Balaban J connectivity index is 2.58. The molecule has 3 nitrogen and oxygen atoms in total. The Hall–Kier alpha value is -1.35. The maximum atomic E-state index is 6.26. The lowest BCUT2D eigenvalue weighted by Crippen LogP contribution is -2.21. The third-order valence-electron chi connectivity index (χ3n) is 2.64. The molecule has 4 heteroatoms. The first-order chi connectivity index (χ1) is 7.89. The molecule has 0 atom stereocenters. The van der Waals surface area contributed by atoms with E-state index in [4.69, 9.17) is 11.6 Å². The summed E-state index contributed by atoms with van der Waals surface area (Å²) in [5.74, 6) is 0.808. The number of aryl methyl sites for hydroxylation is 1. The predicted molar refractivity (Wildman–Crippen MR) is 70.2 cm³/mol. The van der Waals surface area contributed by atoms with E-state index in [0.717, 1.165) is 17.0 Å². The van der Waals surface area contributed by atoms with Crippen molar-refractivity contribution in [1.82, 2.24) is 14.8 Å². The lowest BCUT2D eigenvalue weighted by atomic mass is 10.1. The van der Waals surface area contributed by atoms with Crippen LogP contribution < -0.4 is 0 Å². The molecule has 0 saturated carbocycles. The van der Waals surface area contributed by atoms with Crippen molar-refractivity contribution in [3.05, 3.63) is 35.1 Å². The van der Waals surface area contributed by atoms with Gasteiger partial charge in [-0.25, -0.2) is 0 Å². The maximum absolute atomic E-state index is 6.26. The number of halogens is 1. The average molecular weight is 250 g/mol. The smallest absolute Gasteiger partial charge is 0.165 e. The van der Waals surface area contributed by atoms with E-state index in [9.17, 15) is 0 Å². The number of rotatable bonds is 1. The van der Waals surface area contributed by atoms with Gasteiger partial charge in [0.2, 0.25) is 0 Å². The normalized spacial score (nSPS) is 11.8. The van der Waals surface area contributed by atoms with Crippen molar-refractivity contribution in [2.75, 3.05) is 0 Å². The van der Waals surface area contributed by atoms with Gasteiger partial charge >= 0.3 is 0 Å². The number of benzene rings is 1. The van der Waals surface area contributed by atoms with Gasteiger partial charge < -0.3 is 4.57 Å². The molecular formula is C13H16ClN3. The summed E-state index contributed by atoms with van der Waals surface area (Å²) in [6.07, 6.45) is 1.74. The van der Waals surface area contributed by atoms with Crippen LogP contribution in [0.2, 0.25) is 5.02 Å². The van der Waals surface area contributed by atoms with Crippen LogP contribution in [0.3, 0.4) is 0 Å². The Morgan fingerprint density at radius 3 is 2.53 bits per heavy atom. The van der Waals surface area contributed by atoms with Crippen LogP contribution in [0.1, 0.15) is 26.3 Å². The van der Waals surface area contributed by atoms with Crippen molar-refractivity contribution < 1.29 is 0 Å². The minimum absolute atomic E-state index is 0.0625. The summed E-state index contributed by atoms with van der Waals surface area (Å²) in [6.45, 7) is 8.36. The second-order valence-corrected chi connectivity index (χ2v) is 5.59. The summed E-state index contributed by atoms with van der Waals surface area (Å²) in [6, 6.07) is 5.96. The largest absolute Gasteiger partial charge is 0.308 e. The Morgan fingerprint density at radius 1 is 1.24 bits per heavy atom. The molecule has 0 radical (unpaired) electrons. The van der Waals surface area contributed by atoms with Crippen molar-refractivity contribution in [2.45, 2.75) is 33.2 Å². The third-order valence-corrected chi connectivity index (χ3v) is 2.95. The highest BCUT2D eigenvalue weighted by molar-refractivity contribution is 6.33. The standard InChI is InChI=1S/C13H16ClN3/c1-9-5-6-10(11(14)7-9)12-16-15-8-17(12)13(2,3)4/h5-8H,1-4H3. The van der Waals surface area contributed by atoms with E-state index in [2.05, 4.69) is 31.0 Å². The maximum Gasteiger partial charge on any atom is 0.165 e. The van der Waals surface area contributed by atoms with Crippen molar-refractivity contribution in [2.24, 2.45) is 0 Å². The topological polar surface area (TPSA) is 30.7 Å². The Morgan fingerprint density at radius 2 is 1.94 bits per heavy atom. The highest BCUT2D eigenvalue weighted by Crippen LogP contribution is 2.29. The molecule has 0 aliphatic rings. The number of hydrogen-bond acceptors (Lipinski definition) is 2. The van der Waals surface area contributed by atoms with Crippen LogP contribution >= 0.6 is 11.6 Å². The van der Waals surface area contributed by atoms with Crippen LogP contribution in [0.5, 0.6) is 0 Å². The van der Waals surface area contributed by atoms with Gasteiger partial charge in [0.1, 0.15) is 6.33 Å². The molecule has 0 aliphatic heterocycles. The fraction of sp³-hybridized carbons (Fsp3) is 0.385. The Kier molecular flexibility index (Phi) is 2.96. The fourth-order valence-corrected chi connectivity index (χ4v) is 2.03. The molecule has 0 fully saturated rings. The quantitative estimate of drug-likeness (QED) is 0.772. The number of hydrogen-bond donors (Lipinski definition) is 0. The van der Waals surface area contributed by atoms with E-state index in [1.807, 2.05) is 29.7 Å². The first kappa shape index (κ1) is 12.1. The molecule has 1 heterocycles. The summed E-state index contributed by atoms with van der Waals surface area (Å²) in [7, 11) is 0. The zero-order chi connectivity index (χ0) is 12.6. The van der Waals surface area contributed by atoms with E-state index in [1.54, 1.807) is 6.33 Å². The van der Waals surface area contributed by atoms with Gasteiger partial charge in [-0.3, -0.25) is 0 Å². The first-order valence-electron chi connectivity index (χ1n) is 5.56. The van der Waals surface area contributed by atoms with Crippen LogP contribution in [-0.4, -0.2) is 14.8 Å². The molecule has 90 valence electrons. The van der Waals surface area contributed by atoms with Gasteiger partial charge in [-0.1, -0.05) is 17.7 Å². The van der Waals surface area contributed by atoms with Crippen LogP contribution in [0.4, 0.5) is 0 Å². The van der Waals surface area contributed by atoms with Crippen LogP contribution in [0.15, 0.2) is 24.5 Å². The molecule has 0 spiro atoms. The monoisotopic (exact) mass is 249 g/mol. The summed E-state index contributed by atoms with van der Waals surface area (Å²) >= 11 is 6.26. The summed E-state index contributed by atoms with van der Waals surface area (Å²) < 4.78 is 2.03. The lowest BCUT2D eigenvalue weighted by Gasteiger charge is -2.22. The average Bonchev–Trinajstić information content (AvgIpc) is 2.65. The molecule has 1 aromatic carbocycles. The molecule has 2 rings (SSSR count). The van der Waals surface area contributed by atoms with Crippen molar-refractivity contribution in [3.8, 4) is 11.4 Å². The molecule has 2 aromatic rings. The number of aromatic nitrogens is 3. The molecular weight excluding hydrogens is 234 g/mol. The van der Waals surface area contributed by atoms with Gasteiger partial charge in [0.25, 0.3) is 0 Å².